The van der Waals surface area contributed by atoms with Crippen LogP contribution in [0.5, 0.6) is 0 Å². The van der Waals surface area contributed by atoms with Crippen LogP contribution in [0.2, 0.25) is 10.0 Å². The number of anilines is 1. The van der Waals surface area contributed by atoms with Crippen molar-refractivity contribution in [1.29, 1.82) is 0 Å². The number of hydrogen-bond acceptors (Lipinski definition) is 3. The highest BCUT2D eigenvalue weighted by molar-refractivity contribution is 6.38. The molecule has 14 heavy (non-hydrogen) atoms. The molecular formula is C8H6Cl2N4. The normalized spacial score (nSPS) is 10.4. The molecule has 0 aromatic carbocycles. The first-order valence-corrected chi connectivity index (χ1v) is 4.54. The van der Waals surface area contributed by atoms with Gasteiger partial charge in [-0.25, -0.2) is 0 Å². The van der Waals surface area contributed by atoms with Crippen molar-refractivity contribution in [3.63, 3.8) is 0 Å². The zero-order chi connectivity index (χ0) is 10.1. The van der Waals surface area contributed by atoms with E-state index in [1.165, 1.54) is 12.4 Å². The SMILES string of the molecule is Nc1cc(-c2c(Cl)cncc2Cl)[nH]n1. The van der Waals surface area contributed by atoms with Crippen molar-refractivity contribution in [2.75, 3.05) is 5.73 Å². The first-order valence-electron chi connectivity index (χ1n) is 3.78. The molecule has 0 aliphatic carbocycles. The molecule has 0 aliphatic heterocycles. The molecule has 2 heterocycles. The standard InChI is InChI=1S/C8H6Cl2N4/c9-4-2-12-3-5(10)8(4)6-1-7(11)14-13-6/h1-3H,(H3,11,13,14). The first-order chi connectivity index (χ1) is 6.68. The van der Waals surface area contributed by atoms with Crippen LogP contribution in [0.1, 0.15) is 0 Å². The Bertz CT molecular complexity index is 446. The first kappa shape index (κ1) is 9.30. The number of rotatable bonds is 1. The summed E-state index contributed by atoms with van der Waals surface area (Å²) in [4.78, 5) is 3.85. The molecule has 0 amide bonds. The maximum Gasteiger partial charge on any atom is 0.145 e. The van der Waals surface area contributed by atoms with Gasteiger partial charge in [0, 0.05) is 24.0 Å². The van der Waals surface area contributed by atoms with Crippen LogP contribution < -0.4 is 5.73 Å². The lowest BCUT2D eigenvalue weighted by molar-refractivity contribution is 1.10. The molecule has 0 saturated carbocycles. The number of nitrogens with one attached hydrogen (secondary N) is 1. The van der Waals surface area contributed by atoms with Crippen LogP contribution in [-0.4, -0.2) is 15.2 Å². The Hall–Kier alpha value is -1.26. The molecule has 0 fully saturated rings. The van der Waals surface area contributed by atoms with Gasteiger partial charge in [-0.3, -0.25) is 10.1 Å². The molecule has 2 aromatic heterocycles. The number of H-pyrrole nitrogens is 1. The summed E-state index contributed by atoms with van der Waals surface area (Å²) in [7, 11) is 0. The third-order valence-corrected chi connectivity index (χ3v) is 2.29. The largest absolute Gasteiger partial charge is 0.382 e. The molecule has 4 nitrogen and oxygen atoms in total. The predicted octanol–water partition coefficient (Wildman–Crippen LogP) is 2.36. The summed E-state index contributed by atoms with van der Waals surface area (Å²) in [5.74, 6) is 0.393. The number of nitrogens with two attached hydrogens (primary N) is 1. The van der Waals surface area contributed by atoms with Crippen molar-refractivity contribution in [3.05, 3.63) is 28.5 Å². The van der Waals surface area contributed by atoms with E-state index >= 15 is 0 Å². The fourth-order valence-corrected chi connectivity index (χ4v) is 1.70. The summed E-state index contributed by atoms with van der Waals surface area (Å²) in [6, 6.07) is 1.66. The second-order valence-corrected chi connectivity index (χ2v) is 3.50. The number of nitrogen functional groups attached to an aromatic ring is 1. The zero-order valence-electron chi connectivity index (χ0n) is 6.96. The van der Waals surface area contributed by atoms with Crippen LogP contribution in [0.25, 0.3) is 11.3 Å². The van der Waals surface area contributed by atoms with E-state index in [-0.39, 0.29) is 0 Å². The van der Waals surface area contributed by atoms with Crippen molar-refractivity contribution < 1.29 is 0 Å². The number of pyridine rings is 1. The average Bonchev–Trinajstić information content (AvgIpc) is 2.51. The molecule has 0 spiro atoms. The van der Waals surface area contributed by atoms with Gasteiger partial charge < -0.3 is 5.73 Å². The zero-order valence-corrected chi connectivity index (χ0v) is 8.47. The number of hydrogen-bond donors (Lipinski definition) is 2. The molecule has 6 heteroatoms. The minimum Gasteiger partial charge on any atom is -0.382 e. The van der Waals surface area contributed by atoms with E-state index < -0.39 is 0 Å². The van der Waals surface area contributed by atoms with Gasteiger partial charge in [-0.2, -0.15) is 5.10 Å². The maximum absolute atomic E-state index is 5.94. The third kappa shape index (κ3) is 1.54. The topological polar surface area (TPSA) is 67.6 Å². The Kier molecular flexibility index (Phi) is 2.31. The molecule has 0 aliphatic rings. The van der Waals surface area contributed by atoms with Gasteiger partial charge in [-0.05, 0) is 0 Å². The predicted molar refractivity (Wildman–Crippen MR) is 56.3 cm³/mol. The highest BCUT2D eigenvalue weighted by atomic mass is 35.5. The van der Waals surface area contributed by atoms with Crippen molar-refractivity contribution in [3.8, 4) is 11.3 Å². The van der Waals surface area contributed by atoms with Gasteiger partial charge in [0.05, 0.1) is 15.7 Å². The molecule has 0 unspecified atom stereocenters. The van der Waals surface area contributed by atoms with Crippen LogP contribution in [0.3, 0.4) is 0 Å². The molecule has 0 atom stereocenters. The van der Waals surface area contributed by atoms with E-state index in [9.17, 15) is 0 Å². The monoisotopic (exact) mass is 228 g/mol. The highest BCUT2D eigenvalue weighted by Crippen LogP contribution is 2.32. The fourth-order valence-electron chi connectivity index (χ4n) is 1.13. The Labute approximate surface area is 90.1 Å². The summed E-state index contributed by atoms with van der Waals surface area (Å²) in [5, 5.41) is 7.44. The molecule has 0 bridgehead atoms. The summed E-state index contributed by atoms with van der Waals surface area (Å²) < 4.78 is 0. The molecule has 2 rings (SSSR count). The lowest BCUT2D eigenvalue weighted by Crippen LogP contribution is -1.83. The minimum absolute atomic E-state index is 0.393. The number of halogens is 2. The van der Waals surface area contributed by atoms with E-state index in [0.717, 1.165) is 0 Å². The Morgan fingerprint density at radius 2 is 1.86 bits per heavy atom. The van der Waals surface area contributed by atoms with Gasteiger partial charge in [-0.15, -0.1) is 0 Å². The van der Waals surface area contributed by atoms with E-state index in [0.29, 0.717) is 27.1 Å². The molecule has 0 saturated heterocycles. The van der Waals surface area contributed by atoms with Crippen LogP contribution >= 0.6 is 23.2 Å². The summed E-state index contributed by atoms with van der Waals surface area (Å²) in [6.07, 6.45) is 3.03. The van der Waals surface area contributed by atoms with Crippen LogP contribution in [0, 0.1) is 0 Å². The molecular weight excluding hydrogens is 223 g/mol. The summed E-state index contributed by atoms with van der Waals surface area (Å²) >= 11 is 11.9. The molecule has 72 valence electrons. The van der Waals surface area contributed by atoms with E-state index in [1.807, 2.05) is 0 Å². The van der Waals surface area contributed by atoms with E-state index in [1.54, 1.807) is 6.07 Å². The van der Waals surface area contributed by atoms with Crippen LogP contribution in [0.15, 0.2) is 18.5 Å². The lowest BCUT2D eigenvalue weighted by Gasteiger charge is -2.01. The van der Waals surface area contributed by atoms with Gasteiger partial charge in [0.1, 0.15) is 5.82 Å². The van der Waals surface area contributed by atoms with Crippen molar-refractivity contribution in [1.82, 2.24) is 15.2 Å². The average molecular weight is 229 g/mol. The van der Waals surface area contributed by atoms with Crippen LogP contribution in [0.4, 0.5) is 5.82 Å². The van der Waals surface area contributed by atoms with Crippen molar-refractivity contribution >= 4 is 29.0 Å². The van der Waals surface area contributed by atoms with Gasteiger partial charge in [0.25, 0.3) is 0 Å². The van der Waals surface area contributed by atoms with Gasteiger partial charge in [0.15, 0.2) is 0 Å². The van der Waals surface area contributed by atoms with Gasteiger partial charge in [-0.1, -0.05) is 23.2 Å². The highest BCUT2D eigenvalue weighted by Gasteiger charge is 2.10. The summed E-state index contributed by atoms with van der Waals surface area (Å²) in [5.41, 5.74) is 6.81. The van der Waals surface area contributed by atoms with Crippen molar-refractivity contribution in [2.45, 2.75) is 0 Å². The molecule has 0 radical (unpaired) electrons. The Morgan fingerprint density at radius 1 is 1.21 bits per heavy atom. The minimum atomic E-state index is 0.393. The van der Waals surface area contributed by atoms with E-state index in [2.05, 4.69) is 15.2 Å². The lowest BCUT2D eigenvalue weighted by atomic mass is 10.2. The fraction of sp³-hybridized carbons (Fsp3) is 0. The number of aromatic nitrogens is 3. The Balaban J connectivity index is 2.61. The third-order valence-electron chi connectivity index (χ3n) is 1.72. The van der Waals surface area contributed by atoms with Crippen LogP contribution in [-0.2, 0) is 0 Å². The maximum atomic E-state index is 5.94. The molecule has 3 N–H and O–H groups in total. The van der Waals surface area contributed by atoms with Crippen molar-refractivity contribution in [2.24, 2.45) is 0 Å². The quantitative estimate of drug-likeness (QED) is 0.788. The smallest absolute Gasteiger partial charge is 0.145 e. The van der Waals surface area contributed by atoms with Gasteiger partial charge in [0.2, 0.25) is 0 Å². The second kappa shape index (κ2) is 3.48. The number of aromatic amines is 1. The molecule has 2 aromatic rings. The van der Waals surface area contributed by atoms with E-state index in [4.69, 9.17) is 28.9 Å². The summed E-state index contributed by atoms with van der Waals surface area (Å²) in [6.45, 7) is 0. The number of nitrogens with zero attached hydrogens (tertiary/aromatic N) is 2. The second-order valence-electron chi connectivity index (χ2n) is 2.68. The Morgan fingerprint density at radius 3 is 2.36 bits per heavy atom. The van der Waals surface area contributed by atoms with Gasteiger partial charge >= 0.3 is 0 Å².